The second kappa shape index (κ2) is 6.77. The van der Waals surface area contributed by atoms with Crippen LogP contribution in [0.3, 0.4) is 0 Å². The van der Waals surface area contributed by atoms with Crippen LogP contribution >= 0.6 is 0 Å². The second-order valence-corrected chi connectivity index (χ2v) is 6.91. The molecule has 0 bridgehead atoms. The van der Waals surface area contributed by atoms with E-state index in [4.69, 9.17) is 5.26 Å². The Balaban J connectivity index is 1.74. The summed E-state index contributed by atoms with van der Waals surface area (Å²) in [4.78, 5) is 0. The van der Waals surface area contributed by atoms with Crippen LogP contribution in [-0.4, -0.2) is 0 Å². The van der Waals surface area contributed by atoms with Crippen molar-refractivity contribution in [2.24, 2.45) is 0 Å². The van der Waals surface area contributed by atoms with Gasteiger partial charge in [-0.25, -0.2) is 4.39 Å². The zero-order valence-electron chi connectivity index (χ0n) is 14.8. The molecule has 2 heteroatoms. The number of hydrogen-bond acceptors (Lipinski definition) is 1. The van der Waals surface area contributed by atoms with Gasteiger partial charge in [0.05, 0.1) is 11.6 Å². The van der Waals surface area contributed by atoms with Crippen molar-refractivity contribution in [1.29, 1.82) is 5.26 Å². The molecule has 1 nitrogen and oxygen atoms in total. The minimum Gasteiger partial charge on any atom is -0.207 e. The molecule has 0 N–H and O–H groups in total. The standard InChI is InChI=1S/C24H20FN/c1-2-3-21-13-20-9-8-19-12-18(17-6-4-16(15-26)5-7-17)10-11-22(19)23(20)14-24(21)25/h4-7,10-14H,2-3,8-9H2,1H3. The van der Waals surface area contributed by atoms with Gasteiger partial charge in [-0.05, 0) is 76.4 Å². The molecule has 0 aromatic heterocycles. The zero-order chi connectivity index (χ0) is 18.1. The van der Waals surface area contributed by atoms with E-state index in [1.165, 1.54) is 11.1 Å². The van der Waals surface area contributed by atoms with E-state index < -0.39 is 0 Å². The molecular formula is C24H20FN. The summed E-state index contributed by atoms with van der Waals surface area (Å²) >= 11 is 0. The van der Waals surface area contributed by atoms with E-state index in [1.807, 2.05) is 24.3 Å². The largest absolute Gasteiger partial charge is 0.207 e. The van der Waals surface area contributed by atoms with Gasteiger partial charge in [-0.15, -0.1) is 0 Å². The molecule has 0 amide bonds. The lowest BCUT2D eigenvalue weighted by atomic mass is 9.83. The first-order chi connectivity index (χ1) is 12.7. The first kappa shape index (κ1) is 16.5. The molecular weight excluding hydrogens is 321 g/mol. The van der Waals surface area contributed by atoms with Crippen LogP contribution in [0.1, 0.15) is 35.6 Å². The zero-order valence-corrected chi connectivity index (χ0v) is 14.8. The van der Waals surface area contributed by atoms with Crippen LogP contribution in [0.4, 0.5) is 4.39 Å². The molecule has 0 spiro atoms. The van der Waals surface area contributed by atoms with Gasteiger partial charge < -0.3 is 0 Å². The molecule has 0 saturated heterocycles. The monoisotopic (exact) mass is 341 g/mol. The summed E-state index contributed by atoms with van der Waals surface area (Å²) in [6, 6.07) is 20.0. The normalized spacial score (nSPS) is 12.2. The van der Waals surface area contributed by atoms with Crippen LogP contribution in [0.25, 0.3) is 22.3 Å². The highest BCUT2D eigenvalue weighted by Gasteiger charge is 2.19. The molecule has 0 unspecified atom stereocenters. The lowest BCUT2D eigenvalue weighted by Gasteiger charge is -2.22. The molecule has 0 aliphatic heterocycles. The Kier molecular flexibility index (Phi) is 4.31. The van der Waals surface area contributed by atoms with Crippen LogP contribution in [0.2, 0.25) is 0 Å². The van der Waals surface area contributed by atoms with E-state index in [0.717, 1.165) is 53.5 Å². The molecule has 0 heterocycles. The number of nitriles is 1. The number of aryl methyl sites for hydroxylation is 3. The van der Waals surface area contributed by atoms with Gasteiger partial charge in [-0.1, -0.05) is 49.7 Å². The minimum atomic E-state index is -0.0883. The van der Waals surface area contributed by atoms with Crippen molar-refractivity contribution in [1.82, 2.24) is 0 Å². The van der Waals surface area contributed by atoms with Gasteiger partial charge in [-0.2, -0.15) is 5.26 Å². The van der Waals surface area contributed by atoms with Gasteiger partial charge in [0.15, 0.2) is 0 Å². The van der Waals surface area contributed by atoms with Gasteiger partial charge in [0, 0.05) is 0 Å². The molecule has 0 atom stereocenters. The lowest BCUT2D eigenvalue weighted by Crippen LogP contribution is -2.06. The van der Waals surface area contributed by atoms with Crippen LogP contribution in [0.5, 0.6) is 0 Å². The summed E-state index contributed by atoms with van der Waals surface area (Å²) in [5.41, 5.74) is 8.45. The molecule has 4 rings (SSSR count). The van der Waals surface area contributed by atoms with Crippen molar-refractivity contribution in [2.75, 3.05) is 0 Å². The highest BCUT2D eigenvalue weighted by molar-refractivity contribution is 5.77. The molecule has 0 saturated carbocycles. The average molecular weight is 341 g/mol. The Labute approximate surface area is 153 Å². The molecule has 0 radical (unpaired) electrons. The van der Waals surface area contributed by atoms with Crippen molar-refractivity contribution in [3.63, 3.8) is 0 Å². The van der Waals surface area contributed by atoms with E-state index in [1.54, 1.807) is 6.07 Å². The summed E-state index contributed by atoms with van der Waals surface area (Å²) < 4.78 is 14.4. The molecule has 3 aromatic carbocycles. The number of nitrogens with zero attached hydrogens (tertiary/aromatic N) is 1. The van der Waals surface area contributed by atoms with E-state index in [-0.39, 0.29) is 5.82 Å². The van der Waals surface area contributed by atoms with Crippen molar-refractivity contribution in [3.05, 3.63) is 82.7 Å². The topological polar surface area (TPSA) is 23.8 Å². The smallest absolute Gasteiger partial charge is 0.127 e. The summed E-state index contributed by atoms with van der Waals surface area (Å²) in [7, 11) is 0. The highest BCUT2D eigenvalue weighted by atomic mass is 19.1. The SMILES string of the molecule is CCCc1cc2c(cc1F)-c1ccc(-c3ccc(C#N)cc3)cc1CC2. The first-order valence-corrected chi connectivity index (χ1v) is 9.14. The van der Waals surface area contributed by atoms with Crippen LogP contribution < -0.4 is 0 Å². The predicted octanol–water partition coefficient (Wildman–Crippen LogP) is 6.08. The Morgan fingerprint density at radius 3 is 2.27 bits per heavy atom. The Morgan fingerprint density at radius 1 is 0.885 bits per heavy atom. The average Bonchev–Trinajstić information content (AvgIpc) is 2.68. The van der Waals surface area contributed by atoms with E-state index >= 15 is 0 Å². The van der Waals surface area contributed by atoms with E-state index in [0.29, 0.717) is 5.56 Å². The molecule has 0 fully saturated rings. The van der Waals surface area contributed by atoms with E-state index in [9.17, 15) is 4.39 Å². The fraction of sp³-hybridized carbons (Fsp3) is 0.208. The third-order valence-corrected chi connectivity index (χ3v) is 5.20. The van der Waals surface area contributed by atoms with Gasteiger partial charge in [0.25, 0.3) is 0 Å². The van der Waals surface area contributed by atoms with Crippen molar-refractivity contribution in [2.45, 2.75) is 32.6 Å². The van der Waals surface area contributed by atoms with Crippen molar-refractivity contribution < 1.29 is 4.39 Å². The fourth-order valence-corrected chi connectivity index (χ4v) is 3.84. The van der Waals surface area contributed by atoms with Gasteiger partial charge >= 0.3 is 0 Å². The van der Waals surface area contributed by atoms with Crippen LogP contribution in [0.15, 0.2) is 54.6 Å². The second-order valence-electron chi connectivity index (χ2n) is 6.91. The van der Waals surface area contributed by atoms with E-state index in [2.05, 4.69) is 37.3 Å². The van der Waals surface area contributed by atoms with Gasteiger partial charge in [-0.3, -0.25) is 0 Å². The fourth-order valence-electron chi connectivity index (χ4n) is 3.84. The van der Waals surface area contributed by atoms with Gasteiger partial charge in [0.2, 0.25) is 0 Å². The maximum absolute atomic E-state index is 14.4. The summed E-state index contributed by atoms with van der Waals surface area (Å²) in [6.07, 6.45) is 3.68. The van der Waals surface area contributed by atoms with Gasteiger partial charge in [0.1, 0.15) is 5.82 Å². The maximum atomic E-state index is 14.4. The third-order valence-electron chi connectivity index (χ3n) is 5.20. The van der Waals surface area contributed by atoms with Crippen LogP contribution in [0, 0.1) is 17.1 Å². The summed E-state index contributed by atoms with van der Waals surface area (Å²) in [5.74, 6) is -0.0883. The number of fused-ring (bicyclic) bond motifs is 3. The number of benzene rings is 3. The Hall–Kier alpha value is -2.92. The third kappa shape index (κ3) is 2.91. The number of halogens is 1. The lowest BCUT2D eigenvalue weighted by molar-refractivity contribution is 0.606. The predicted molar refractivity (Wildman–Crippen MR) is 103 cm³/mol. The first-order valence-electron chi connectivity index (χ1n) is 9.14. The summed E-state index contributed by atoms with van der Waals surface area (Å²) in [5, 5.41) is 8.95. The quantitative estimate of drug-likeness (QED) is 0.566. The molecule has 1 aliphatic carbocycles. The molecule has 26 heavy (non-hydrogen) atoms. The minimum absolute atomic E-state index is 0.0883. The summed E-state index contributed by atoms with van der Waals surface area (Å²) in [6.45, 7) is 2.08. The Bertz CT molecular complexity index is 1010. The molecule has 1 aliphatic rings. The number of rotatable bonds is 3. The molecule has 3 aromatic rings. The van der Waals surface area contributed by atoms with Crippen molar-refractivity contribution >= 4 is 0 Å². The van der Waals surface area contributed by atoms with Crippen LogP contribution in [-0.2, 0) is 19.3 Å². The van der Waals surface area contributed by atoms with Crippen molar-refractivity contribution in [3.8, 4) is 28.3 Å². The Morgan fingerprint density at radius 2 is 1.58 bits per heavy atom. The molecule has 128 valence electrons. The maximum Gasteiger partial charge on any atom is 0.127 e. The highest BCUT2D eigenvalue weighted by Crippen LogP contribution is 2.37. The number of hydrogen-bond donors (Lipinski definition) is 0.